The number of unbranched alkanes of at least 4 members (excludes halogenated alkanes) is 9. The van der Waals surface area contributed by atoms with Crippen molar-refractivity contribution in [1.29, 1.82) is 0 Å². The van der Waals surface area contributed by atoms with Crippen LogP contribution in [0.2, 0.25) is 0 Å². The van der Waals surface area contributed by atoms with E-state index in [1.165, 1.54) is 128 Å². The van der Waals surface area contributed by atoms with Crippen LogP contribution in [0.15, 0.2) is 12.2 Å². The van der Waals surface area contributed by atoms with E-state index in [-0.39, 0.29) is 0 Å². The molecule has 180 valence electrons. The minimum Gasteiger partial charge on any atom is -0.0885 e. The van der Waals surface area contributed by atoms with E-state index in [1.807, 2.05) is 0 Å². The number of allylic oxidation sites excluding steroid dienone is 2. The Morgan fingerprint density at radius 2 is 0.767 bits per heavy atom. The Hall–Kier alpha value is -0.260. The van der Waals surface area contributed by atoms with E-state index >= 15 is 0 Å². The Bertz CT molecular complexity index is 342. The Kier molecular flexibility index (Phi) is 23.2. The van der Waals surface area contributed by atoms with Crippen LogP contribution in [0.25, 0.3) is 0 Å². The molecular weight excluding hydrogens is 360 g/mol. The lowest BCUT2D eigenvalue weighted by Crippen LogP contribution is -1.96. The summed E-state index contributed by atoms with van der Waals surface area (Å²) in [5.74, 6) is 2.81. The predicted molar refractivity (Wildman–Crippen MR) is 140 cm³/mol. The van der Waals surface area contributed by atoms with Gasteiger partial charge in [-0.2, -0.15) is 0 Å². The molecule has 0 amide bonds. The monoisotopic (exact) mass is 420 g/mol. The van der Waals surface area contributed by atoms with E-state index in [0.717, 1.165) is 17.8 Å². The molecule has 0 heteroatoms. The van der Waals surface area contributed by atoms with Gasteiger partial charge in [-0.25, -0.2) is 0 Å². The van der Waals surface area contributed by atoms with E-state index < -0.39 is 0 Å². The van der Waals surface area contributed by atoms with Crippen molar-refractivity contribution in [3.63, 3.8) is 0 Å². The van der Waals surface area contributed by atoms with E-state index in [9.17, 15) is 0 Å². The molecule has 0 rings (SSSR count). The normalized spacial score (nSPS) is 15.0. The first-order chi connectivity index (χ1) is 14.6. The second-order valence-corrected chi connectivity index (χ2v) is 10.6. The lowest BCUT2D eigenvalue weighted by Gasteiger charge is -2.12. The number of hydrogen-bond acceptors (Lipinski definition) is 0. The fourth-order valence-corrected chi connectivity index (χ4v) is 4.60. The maximum Gasteiger partial charge on any atom is -0.0348 e. The van der Waals surface area contributed by atoms with Crippen molar-refractivity contribution in [2.24, 2.45) is 17.8 Å². The zero-order chi connectivity index (χ0) is 22.3. The molecule has 0 N–H and O–H groups in total. The van der Waals surface area contributed by atoms with E-state index in [4.69, 9.17) is 0 Å². The Balaban J connectivity index is 3.35. The molecule has 0 aliphatic heterocycles. The van der Waals surface area contributed by atoms with Crippen LogP contribution in [0.1, 0.15) is 163 Å². The van der Waals surface area contributed by atoms with Gasteiger partial charge in [-0.05, 0) is 43.4 Å². The Morgan fingerprint density at radius 1 is 0.400 bits per heavy atom. The van der Waals surface area contributed by atoms with Crippen LogP contribution in [0, 0.1) is 17.8 Å². The van der Waals surface area contributed by atoms with Gasteiger partial charge in [0.25, 0.3) is 0 Å². The highest BCUT2D eigenvalue weighted by molar-refractivity contribution is 4.82. The summed E-state index contributed by atoms with van der Waals surface area (Å²) >= 11 is 0. The van der Waals surface area contributed by atoms with Crippen LogP contribution in [0.5, 0.6) is 0 Å². The molecule has 0 aliphatic carbocycles. The Labute approximate surface area is 193 Å². The van der Waals surface area contributed by atoms with Gasteiger partial charge >= 0.3 is 0 Å². The van der Waals surface area contributed by atoms with Crippen molar-refractivity contribution in [2.75, 3.05) is 0 Å². The zero-order valence-corrected chi connectivity index (χ0v) is 22.0. The lowest BCUT2D eigenvalue weighted by atomic mass is 9.94. The second kappa shape index (κ2) is 23.4. The van der Waals surface area contributed by atoms with Crippen molar-refractivity contribution < 1.29 is 0 Å². The molecule has 0 spiro atoms. The van der Waals surface area contributed by atoms with Gasteiger partial charge in [0.15, 0.2) is 0 Å². The minimum atomic E-state index is 0.909. The molecule has 3 unspecified atom stereocenters. The molecular formula is C30H60. The molecule has 0 aromatic heterocycles. The molecule has 0 saturated carbocycles. The fourth-order valence-electron chi connectivity index (χ4n) is 4.60. The van der Waals surface area contributed by atoms with E-state index in [2.05, 4.69) is 46.8 Å². The van der Waals surface area contributed by atoms with Crippen LogP contribution < -0.4 is 0 Å². The van der Waals surface area contributed by atoms with Gasteiger partial charge in [-0.3, -0.25) is 0 Å². The smallest absolute Gasteiger partial charge is 0.0348 e. The predicted octanol–water partition coefficient (Wildman–Crippen LogP) is 11.3. The molecule has 30 heavy (non-hydrogen) atoms. The van der Waals surface area contributed by atoms with Gasteiger partial charge in [-0.1, -0.05) is 150 Å². The third-order valence-corrected chi connectivity index (χ3v) is 7.06. The maximum atomic E-state index is 2.46. The third-order valence-electron chi connectivity index (χ3n) is 7.06. The summed E-state index contributed by atoms with van der Waals surface area (Å²) in [4.78, 5) is 0. The quantitative estimate of drug-likeness (QED) is 0.114. The summed E-state index contributed by atoms with van der Waals surface area (Å²) in [6, 6.07) is 0. The van der Waals surface area contributed by atoms with E-state index in [0.29, 0.717) is 0 Å². The van der Waals surface area contributed by atoms with Crippen LogP contribution in [0.3, 0.4) is 0 Å². The summed E-state index contributed by atoms with van der Waals surface area (Å²) in [7, 11) is 0. The van der Waals surface area contributed by atoms with Crippen LogP contribution >= 0.6 is 0 Å². The molecule has 0 aliphatic rings. The van der Waals surface area contributed by atoms with Crippen LogP contribution in [-0.4, -0.2) is 0 Å². The SMILES string of the molecule is CCCCC(C)CCCCCCC/C=C/CCC(C)CCCCCC(C)CCCC. The molecule has 0 bridgehead atoms. The van der Waals surface area contributed by atoms with Gasteiger partial charge in [0.2, 0.25) is 0 Å². The van der Waals surface area contributed by atoms with Crippen LogP contribution in [-0.2, 0) is 0 Å². The highest BCUT2D eigenvalue weighted by Gasteiger charge is 2.04. The fraction of sp³-hybridized carbons (Fsp3) is 0.933. The summed E-state index contributed by atoms with van der Waals surface area (Å²) < 4.78 is 0. The minimum absolute atomic E-state index is 0.909. The Morgan fingerprint density at radius 3 is 1.30 bits per heavy atom. The zero-order valence-electron chi connectivity index (χ0n) is 22.0. The second-order valence-electron chi connectivity index (χ2n) is 10.6. The van der Waals surface area contributed by atoms with Gasteiger partial charge in [0, 0.05) is 0 Å². The standard InChI is InChI=1S/C30H60/c1-6-8-22-28(3)24-18-15-13-11-10-12-14-16-19-25-30(5)27-21-17-20-26-29(4)23-9-7-2/h14,16,28-30H,6-13,15,17-27H2,1-5H3/b16-14+. The van der Waals surface area contributed by atoms with E-state index in [1.54, 1.807) is 0 Å². The van der Waals surface area contributed by atoms with Crippen molar-refractivity contribution in [3.05, 3.63) is 12.2 Å². The highest BCUT2D eigenvalue weighted by atomic mass is 14.1. The molecule has 0 aromatic rings. The van der Waals surface area contributed by atoms with Gasteiger partial charge in [0.05, 0.1) is 0 Å². The number of hydrogen-bond donors (Lipinski definition) is 0. The topological polar surface area (TPSA) is 0 Å². The van der Waals surface area contributed by atoms with Gasteiger partial charge in [0.1, 0.15) is 0 Å². The third kappa shape index (κ3) is 22.4. The molecule has 0 aromatic carbocycles. The summed E-state index contributed by atoms with van der Waals surface area (Å²) in [5, 5.41) is 0. The maximum absolute atomic E-state index is 2.46. The molecule has 0 nitrogen and oxygen atoms in total. The van der Waals surface area contributed by atoms with Crippen LogP contribution in [0.4, 0.5) is 0 Å². The van der Waals surface area contributed by atoms with Crippen molar-refractivity contribution in [1.82, 2.24) is 0 Å². The summed E-state index contributed by atoms with van der Waals surface area (Å²) in [5.41, 5.74) is 0. The molecule has 3 atom stereocenters. The summed E-state index contributed by atoms with van der Waals surface area (Å²) in [6.45, 7) is 12.0. The molecule has 0 heterocycles. The first-order valence-corrected chi connectivity index (χ1v) is 14.2. The number of rotatable bonds is 23. The summed E-state index contributed by atoms with van der Waals surface area (Å²) in [6.07, 6.45) is 33.2. The molecule has 0 saturated heterocycles. The van der Waals surface area contributed by atoms with Crippen molar-refractivity contribution >= 4 is 0 Å². The molecule has 0 radical (unpaired) electrons. The van der Waals surface area contributed by atoms with Gasteiger partial charge < -0.3 is 0 Å². The highest BCUT2D eigenvalue weighted by Crippen LogP contribution is 2.20. The van der Waals surface area contributed by atoms with Crippen molar-refractivity contribution in [2.45, 2.75) is 163 Å². The average molecular weight is 421 g/mol. The molecule has 0 fully saturated rings. The van der Waals surface area contributed by atoms with Gasteiger partial charge in [-0.15, -0.1) is 0 Å². The lowest BCUT2D eigenvalue weighted by molar-refractivity contribution is 0.422. The van der Waals surface area contributed by atoms with Crippen molar-refractivity contribution in [3.8, 4) is 0 Å². The first-order valence-electron chi connectivity index (χ1n) is 14.2. The first kappa shape index (κ1) is 29.7. The largest absolute Gasteiger partial charge is 0.0885 e. The average Bonchev–Trinajstić information content (AvgIpc) is 2.74.